The van der Waals surface area contributed by atoms with Crippen molar-refractivity contribution in [3.8, 4) is 0 Å². The molecule has 0 aromatic carbocycles. The van der Waals surface area contributed by atoms with E-state index in [0.717, 1.165) is 0 Å². The van der Waals surface area contributed by atoms with E-state index in [-0.39, 0.29) is 55.9 Å². The third kappa shape index (κ3) is 39.0. The van der Waals surface area contributed by atoms with Crippen molar-refractivity contribution in [3.63, 3.8) is 0 Å². The van der Waals surface area contributed by atoms with E-state index in [9.17, 15) is 0 Å². The van der Waals surface area contributed by atoms with Crippen LogP contribution in [0.3, 0.4) is 0 Å². The van der Waals surface area contributed by atoms with Gasteiger partial charge in [0, 0.05) is 0 Å². The topological polar surface area (TPSA) is 85.5 Å². The van der Waals surface area contributed by atoms with Gasteiger partial charge in [0.2, 0.25) is 0 Å². The van der Waals surface area contributed by atoms with E-state index in [1.54, 1.807) is 0 Å². The molecule has 0 spiro atoms. The summed E-state index contributed by atoms with van der Waals surface area (Å²) in [5.74, 6) is 0. The summed E-state index contributed by atoms with van der Waals surface area (Å²) in [4.78, 5) is 0. The molecule has 0 unspecified atom stereocenters. The maximum Gasteiger partial charge on any atom is 3.00 e. The van der Waals surface area contributed by atoms with Crippen molar-refractivity contribution in [2.75, 3.05) is 0 Å². The Bertz CT molecular complexity index is 6.85. The molecule has 0 saturated heterocycles. The summed E-state index contributed by atoms with van der Waals surface area (Å²) < 4.78 is 0. The zero-order valence-corrected chi connectivity index (χ0v) is 5.15. The predicted molar refractivity (Wildman–Crippen MR) is 2.06 cm³/mol. The van der Waals surface area contributed by atoms with Crippen LogP contribution in [0.2, 0.25) is 0 Å². The first-order valence-electron chi connectivity index (χ1n) is 0. The van der Waals surface area contributed by atoms with Crippen LogP contribution in [0.4, 0.5) is 0 Å². The van der Waals surface area contributed by atoms with Gasteiger partial charge in [-0.05, 0) is 0 Å². The van der Waals surface area contributed by atoms with Crippen LogP contribution in [-0.4, -0.2) is 0 Å². The Hall–Kier alpha value is 1.14. The van der Waals surface area contributed by atoms with Crippen LogP contribution >= 0.6 is 0 Å². The van der Waals surface area contributed by atoms with Crippen molar-refractivity contribution in [2.24, 2.45) is 0 Å². The third-order valence-electron chi connectivity index (χ3n) is 0. The van der Waals surface area contributed by atoms with E-state index in [0.29, 0.717) is 0 Å². The molecule has 0 atom stereocenters. The fourth-order valence-electron chi connectivity index (χ4n) is 0. The zero-order valence-electron chi connectivity index (χ0n) is 1.88. The fourth-order valence-corrected chi connectivity index (χ4v) is 0. The summed E-state index contributed by atoms with van der Waals surface area (Å²) in [5, 5.41) is 0. The monoisotopic (exact) mass is 301 g/mol. The molecule has 5 heavy (non-hydrogen) atoms. The average molecular weight is 301 g/mol. The molecule has 0 aromatic rings. The molecule has 0 fully saturated rings. The minimum atomic E-state index is 0. The summed E-state index contributed by atoms with van der Waals surface area (Å²) in [6.07, 6.45) is 0. The van der Waals surface area contributed by atoms with Crippen molar-refractivity contribution < 1.29 is 55.9 Å². The SMILES string of the molecule is [Au+3].[Fe+3].[O-2].[O-2].[O-2]. The second-order valence-electron chi connectivity index (χ2n) is 0. The van der Waals surface area contributed by atoms with Crippen LogP contribution < -0.4 is 0 Å². The van der Waals surface area contributed by atoms with Gasteiger partial charge in [0.25, 0.3) is 0 Å². The van der Waals surface area contributed by atoms with Crippen molar-refractivity contribution in [1.82, 2.24) is 0 Å². The molecule has 37 valence electrons. The molecular formula is AuFeO3. The average Bonchev–Trinajstić information content (AvgIpc) is 0. The van der Waals surface area contributed by atoms with Gasteiger partial charge in [-0.15, -0.1) is 0 Å². The molecule has 0 aliphatic carbocycles. The number of hydrogen-bond acceptors (Lipinski definition) is 0. The Morgan fingerprint density at radius 3 is 0.600 bits per heavy atom. The Labute approximate surface area is 56.0 Å². The Kier molecular flexibility index (Phi) is 1690. The Morgan fingerprint density at radius 1 is 0.600 bits per heavy atom. The summed E-state index contributed by atoms with van der Waals surface area (Å²) in [7, 11) is 0. The molecule has 0 aromatic heterocycles. The first-order chi connectivity index (χ1) is 0. The molecule has 0 amide bonds. The normalized spacial score (nSPS) is 0. The second-order valence-corrected chi connectivity index (χ2v) is 0. The first-order valence-corrected chi connectivity index (χ1v) is 0. The van der Waals surface area contributed by atoms with E-state index in [1.165, 1.54) is 0 Å². The van der Waals surface area contributed by atoms with Crippen LogP contribution in [0.1, 0.15) is 0 Å². The van der Waals surface area contributed by atoms with Crippen molar-refractivity contribution in [2.45, 2.75) is 0 Å². The van der Waals surface area contributed by atoms with E-state index in [1.807, 2.05) is 0 Å². The number of hydrogen-bond donors (Lipinski definition) is 0. The molecule has 0 rings (SSSR count). The van der Waals surface area contributed by atoms with Crippen LogP contribution in [0, 0.1) is 0 Å². The largest absolute Gasteiger partial charge is 3.00 e. The van der Waals surface area contributed by atoms with Gasteiger partial charge in [0.05, 0.1) is 0 Å². The molecule has 3 nitrogen and oxygen atoms in total. The maximum absolute atomic E-state index is 0. The van der Waals surface area contributed by atoms with Gasteiger partial charge < -0.3 is 16.4 Å². The Balaban J connectivity index is 0. The minimum Gasteiger partial charge on any atom is -2.00 e. The van der Waals surface area contributed by atoms with Gasteiger partial charge in [0.15, 0.2) is 0 Å². The van der Waals surface area contributed by atoms with Crippen LogP contribution in [-0.2, 0) is 55.9 Å². The summed E-state index contributed by atoms with van der Waals surface area (Å²) in [6, 6.07) is 0. The third-order valence-corrected chi connectivity index (χ3v) is 0. The van der Waals surface area contributed by atoms with Gasteiger partial charge in [-0.2, -0.15) is 0 Å². The quantitative estimate of drug-likeness (QED) is 0.547. The molecular weight excluding hydrogens is 301 g/mol. The second kappa shape index (κ2) is 67.8. The maximum atomic E-state index is 0. The van der Waals surface area contributed by atoms with E-state index >= 15 is 0 Å². The van der Waals surface area contributed by atoms with Crippen LogP contribution in [0.5, 0.6) is 0 Å². The molecule has 0 aliphatic heterocycles. The summed E-state index contributed by atoms with van der Waals surface area (Å²) >= 11 is 0. The smallest absolute Gasteiger partial charge is 2.00 e. The number of rotatable bonds is 0. The standard InChI is InChI=1S/Au.Fe.3O/q2*+3;3*-2. The van der Waals surface area contributed by atoms with Crippen molar-refractivity contribution >= 4 is 0 Å². The van der Waals surface area contributed by atoms with Gasteiger partial charge in [-0.25, -0.2) is 0 Å². The predicted octanol–water partition coefficient (Wildman–Crippen LogP) is -0.361. The molecule has 0 aliphatic rings. The molecule has 0 heterocycles. The Morgan fingerprint density at radius 2 is 0.600 bits per heavy atom. The van der Waals surface area contributed by atoms with Crippen molar-refractivity contribution in [3.05, 3.63) is 0 Å². The van der Waals surface area contributed by atoms with E-state index in [2.05, 4.69) is 0 Å². The summed E-state index contributed by atoms with van der Waals surface area (Å²) in [6.45, 7) is 0. The zero-order chi connectivity index (χ0) is 0. The van der Waals surface area contributed by atoms with Crippen molar-refractivity contribution in [1.29, 1.82) is 0 Å². The molecule has 5 heteroatoms. The molecule has 0 bridgehead atoms. The van der Waals surface area contributed by atoms with Gasteiger partial charge in [0.1, 0.15) is 0 Å². The van der Waals surface area contributed by atoms with E-state index < -0.39 is 0 Å². The van der Waals surface area contributed by atoms with Gasteiger partial charge >= 0.3 is 39.4 Å². The van der Waals surface area contributed by atoms with E-state index in [4.69, 9.17) is 0 Å². The molecule has 0 N–H and O–H groups in total. The van der Waals surface area contributed by atoms with Crippen LogP contribution in [0.25, 0.3) is 0 Å². The fraction of sp³-hybridized carbons (Fsp3) is 0. The van der Waals surface area contributed by atoms with Gasteiger partial charge in [-0.1, -0.05) is 0 Å². The molecule has 1 radical (unpaired) electrons. The van der Waals surface area contributed by atoms with Crippen LogP contribution in [0.15, 0.2) is 0 Å². The first kappa shape index (κ1) is 125. The molecule has 0 saturated carbocycles. The van der Waals surface area contributed by atoms with Gasteiger partial charge in [-0.3, -0.25) is 0 Å². The minimum absolute atomic E-state index is 0. The summed E-state index contributed by atoms with van der Waals surface area (Å²) in [5.41, 5.74) is 0.